The van der Waals surface area contributed by atoms with Crippen LogP contribution in [-0.2, 0) is 6.18 Å². The predicted octanol–water partition coefficient (Wildman–Crippen LogP) is 2.02. The number of nitrogen functional groups attached to an aromatic ring is 1. The fraction of sp³-hybridized carbons (Fsp3) is 0.636. The number of hydrogen-bond acceptors (Lipinski definition) is 5. The summed E-state index contributed by atoms with van der Waals surface area (Å²) in [5, 5.41) is 0. The van der Waals surface area contributed by atoms with Crippen LogP contribution in [-0.4, -0.2) is 23.6 Å². The molecule has 0 amide bonds. The number of aromatic nitrogens is 2. The van der Waals surface area contributed by atoms with E-state index >= 15 is 0 Å². The van der Waals surface area contributed by atoms with Gasteiger partial charge in [0.2, 0.25) is 5.95 Å². The van der Waals surface area contributed by atoms with E-state index in [4.69, 9.17) is 5.84 Å². The fourth-order valence-corrected chi connectivity index (χ4v) is 2.00. The second kappa shape index (κ2) is 5.20. The van der Waals surface area contributed by atoms with E-state index in [1.54, 1.807) is 11.9 Å². The third-order valence-electron chi connectivity index (χ3n) is 3.28. The van der Waals surface area contributed by atoms with Crippen molar-refractivity contribution in [1.82, 2.24) is 9.97 Å². The molecule has 1 aromatic heterocycles. The van der Waals surface area contributed by atoms with Crippen LogP contribution in [0.4, 0.5) is 24.9 Å². The smallest absolute Gasteiger partial charge is 0.359 e. The van der Waals surface area contributed by atoms with Gasteiger partial charge in [-0.1, -0.05) is 6.42 Å². The highest BCUT2D eigenvalue weighted by atomic mass is 19.4. The summed E-state index contributed by atoms with van der Waals surface area (Å²) in [6.45, 7) is 0.693. The molecule has 1 fully saturated rings. The molecule has 3 N–H and O–H groups in total. The molecule has 0 aliphatic heterocycles. The summed E-state index contributed by atoms with van der Waals surface area (Å²) in [5.41, 5.74) is 1.07. The number of halogens is 3. The van der Waals surface area contributed by atoms with Gasteiger partial charge < -0.3 is 4.90 Å². The van der Waals surface area contributed by atoms with E-state index in [-0.39, 0.29) is 11.8 Å². The van der Waals surface area contributed by atoms with Gasteiger partial charge in [0.15, 0.2) is 5.69 Å². The third kappa shape index (κ3) is 3.25. The van der Waals surface area contributed by atoms with Crippen LogP contribution in [0.5, 0.6) is 0 Å². The Morgan fingerprint density at radius 1 is 1.42 bits per heavy atom. The zero-order valence-electron chi connectivity index (χ0n) is 10.5. The first-order valence-corrected chi connectivity index (χ1v) is 6.04. The summed E-state index contributed by atoms with van der Waals surface area (Å²) in [4.78, 5) is 8.99. The lowest BCUT2D eigenvalue weighted by atomic mass is 9.85. The van der Waals surface area contributed by atoms with Gasteiger partial charge in [-0.3, -0.25) is 5.43 Å². The number of nitrogens with one attached hydrogen (secondary N) is 1. The highest BCUT2D eigenvalue weighted by Crippen LogP contribution is 2.32. The minimum absolute atomic E-state index is 0.224. The second-order valence-electron chi connectivity index (χ2n) is 4.75. The van der Waals surface area contributed by atoms with Gasteiger partial charge in [-0.15, -0.1) is 0 Å². The van der Waals surface area contributed by atoms with Crippen LogP contribution >= 0.6 is 0 Å². The van der Waals surface area contributed by atoms with Crippen LogP contribution in [0.1, 0.15) is 25.0 Å². The number of nitrogens with zero attached hydrogens (tertiary/aromatic N) is 3. The van der Waals surface area contributed by atoms with Crippen LogP contribution in [0.25, 0.3) is 0 Å². The first kappa shape index (κ1) is 13.9. The molecule has 0 bridgehead atoms. The fourth-order valence-electron chi connectivity index (χ4n) is 2.00. The molecular formula is C11H16F3N5. The van der Waals surface area contributed by atoms with Crippen molar-refractivity contribution in [3.05, 3.63) is 11.8 Å². The summed E-state index contributed by atoms with van der Waals surface area (Å²) in [7, 11) is 1.72. The van der Waals surface area contributed by atoms with Gasteiger partial charge in [-0.2, -0.15) is 18.2 Å². The van der Waals surface area contributed by atoms with Gasteiger partial charge in [0.05, 0.1) is 0 Å². The van der Waals surface area contributed by atoms with Gasteiger partial charge in [0.25, 0.3) is 0 Å². The molecule has 0 spiro atoms. The number of anilines is 2. The zero-order chi connectivity index (χ0) is 14.0. The highest BCUT2D eigenvalue weighted by Gasteiger charge is 2.34. The summed E-state index contributed by atoms with van der Waals surface area (Å²) >= 11 is 0. The maximum atomic E-state index is 12.7. The monoisotopic (exact) mass is 275 g/mol. The van der Waals surface area contributed by atoms with Crippen LogP contribution in [0, 0.1) is 5.92 Å². The molecule has 2 rings (SSSR count). The first-order valence-electron chi connectivity index (χ1n) is 6.04. The average Bonchev–Trinajstić information content (AvgIpc) is 2.31. The van der Waals surface area contributed by atoms with Gasteiger partial charge >= 0.3 is 6.18 Å². The van der Waals surface area contributed by atoms with Crippen molar-refractivity contribution in [2.24, 2.45) is 11.8 Å². The van der Waals surface area contributed by atoms with E-state index in [1.807, 2.05) is 0 Å². The Labute approximate surface area is 109 Å². The molecule has 0 radical (unpaired) electrons. The van der Waals surface area contributed by atoms with E-state index in [1.165, 1.54) is 6.42 Å². The van der Waals surface area contributed by atoms with Gasteiger partial charge in [-0.05, 0) is 18.8 Å². The number of hydrazine groups is 1. The molecule has 8 heteroatoms. The van der Waals surface area contributed by atoms with Crippen LogP contribution in [0.2, 0.25) is 0 Å². The molecular weight excluding hydrogens is 259 g/mol. The lowest BCUT2D eigenvalue weighted by Gasteiger charge is -2.30. The SMILES string of the molecule is CN(CC1CCC1)c1cc(C(F)(F)F)nc(NN)n1. The zero-order valence-corrected chi connectivity index (χ0v) is 10.5. The molecule has 1 aromatic rings. The van der Waals surface area contributed by atoms with Gasteiger partial charge in [0, 0.05) is 19.7 Å². The number of alkyl halides is 3. The van der Waals surface area contributed by atoms with Crippen molar-refractivity contribution in [2.45, 2.75) is 25.4 Å². The maximum Gasteiger partial charge on any atom is 0.433 e. The van der Waals surface area contributed by atoms with E-state index in [9.17, 15) is 13.2 Å². The summed E-state index contributed by atoms with van der Waals surface area (Å²) in [6, 6.07) is 0.944. The Morgan fingerprint density at radius 3 is 2.58 bits per heavy atom. The summed E-state index contributed by atoms with van der Waals surface area (Å²) in [6.07, 6.45) is -1.10. The largest absolute Gasteiger partial charge is 0.433 e. The Balaban J connectivity index is 2.22. The molecule has 5 nitrogen and oxygen atoms in total. The Hall–Kier alpha value is -1.57. The van der Waals surface area contributed by atoms with E-state index in [0.717, 1.165) is 18.9 Å². The van der Waals surface area contributed by atoms with Gasteiger partial charge in [-0.25, -0.2) is 10.8 Å². The molecule has 1 heterocycles. The quantitative estimate of drug-likeness (QED) is 0.650. The molecule has 0 aromatic carbocycles. The molecule has 106 valence electrons. The van der Waals surface area contributed by atoms with Crippen molar-refractivity contribution in [2.75, 3.05) is 23.9 Å². The van der Waals surface area contributed by atoms with Crippen molar-refractivity contribution >= 4 is 11.8 Å². The normalized spacial score (nSPS) is 16.1. The van der Waals surface area contributed by atoms with E-state index in [0.29, 0.717) is 12.5 Å². The molecule has 19 heavy (non-hydrogen) atoms. The van der Waals surface area contributed by atoms with E-state index < -0.39 is 11.9 Å². The molecule has 0 unspecified atom stereocenters. The molecule has 1 aliphatic rings. The standard InChI is InChI=1S/C11H16F3N5/c1-19(6-7-3-2-4-7)9-5-8(11(12,13)14)16-10(17-9)18-15/h5,7H,2-4,6,15H2,1H3,(H,16,17,18). The molecule has 1 aliphatic carbocycles. The predicted molar refractivity (Wildman–Crippen MR) is 65.5 cm³/mol. The minimum Gasteiger partial charge on any atom is -0.359 e. The maximum absolute atomic E-state index is 12.7. The topological polar surface area (TPSA) is 67.1 Å². The van der Waals surface area contributed by atoms with Crippen molar-refractivity contribution in [1.29, 1.82) is 0 Å². The summed E-state index contributed by atoms with van der Waals surface area (Å²) in [5.74, 6) is 5.63. The van der Waals surface area contributed by atoms with Crippen molar-refractivity contribution in [3.63, 3.8) is 0 Å². The van der Waals surface area contributed by atoms with Crippen LogP contribution in [0.3, 0.4) is 0 Å². The van der Waals surface area contributed by atoms with E-state index in [2.05, 4.69) is 15.4 Å². The lowest BCUT2D eigenvalue weighted by Crippen LogP contribution is -2.30. The van der Waals surface area contributed by atoms with Crippen LogP contribution < -0.4 is 16.2 Å². The van der Waals surface area contributed by atoms with Crippen molar-refractivity contribution < 1.29 is 13.2 Å². The third-order valence-corrected chi connectivity index (χ3v) is 3.28. The Kier molecular flexibility index (Phi) is 3.79. The van der Waals surface area contributed by atoms with Gasteiger partial charge in [0.1, 0.15) is 5.82 Å². The Bertz CT molecular complexity index is 444. The molecule has 1 saturated carbocycles. The lowest BCUT2D eigenvalue weighted by molar-refractivity contribution is -0.141. The van der Waals surface area contributed by atoms with Crippen LogP contribution in [0.15, 0.2) is 6.07 Å². The number of hydrogen-bond donors (Lipinski definition) is 2. The molecule has 0 saturated heterocycles. The Morgan fingerprint density at radius 2 is 2.11 bits per heavy atom. The first-order chi connectivity index (χ1) is 8.90. The van der Waals surface area contributed by atoms with Crippen molar-refractivity contribution in [3.8, 4) is 0 Å². The second-order valence-corrected chi connectivity index (χ2v) is 4.75. The number of rotatable bonds is 4. The summed E-state index contributed by atoms with van der Waals surface area (Å²) < 4.78 is 38.1. The average molecular weight is 275 g/mol. The highest BCUT2D eigenvalue weighted by molar-refractivity contribution is 5.44. The molecule has 0 atom stereocenters. The number of nitrogens with two attached hydrogens (primary N) is 1. The minimum atomic E-state index is -4.51.